The van der Waals surface area contributed by atoms with Crippen molar-refractivity contribution in [2.45, 2.75) is 50.7 Å². The van der Waals surface area contributed by atoms with Gasteiger partial charge in [0.15, 0.2) is 5.82 Å². The molecule has 0 amide bonds. The summed E-state index contributed by atoms with van der Waals surface area (Å²) in [4.78, 5) is 16.7. The van der Waals surface area contributed by atoms with E-state index in [0.717, 1.165) is 35.3 Å². The van der Waals surface area contributed by atoms with Crippen LogP contribution in [0.2, 0.25) is 0 Å². The van der Waals surface area contributed by atoms with Crippen LogP contribution < -0.4 is 5.73 Å². The number of hydrogen-bond acceptors (Lipinski definition) is 7. The molecule has 0 radical (unpaired) electrons. The van der Waals surface area contributed by atoms with Crippen LogP contribution in [0.15, 0.2) is 29.8 Å². The van der Waals surface area contributed by atoms with Crippen molar-refractivity contribution in [2.24, 2.45) is 5.92 Å². The molecule has 1 fully saturated rings. The monoisotopic (exact) mass is 400 g/mol. The average Bonchev–Trinajstić information content (AvgIpc) is 3.42. The Morgan fingerprint density at radius 1 is 1.18 bits per heavy atom. The number of fused-ring (bicyclic) bond motifs is 1. The quantitative estimate of drug-likeness (QED) is 0.455. The number of rotatable bonds is 8. The minimum atomic E-state index is -3.45. The van der Waals surface area contributed by atoms with Crippen LogP contribution in [-0.4, -0.2) is 38.7 Å². The molecule has 4 rings (SSSR count). The zero-order chi connectivity index (χ0) is 19.7. The fraction of sp³-hybridized carbons (Fsp3) is 0.474. The van der Waals surface area contributed by atoms with Gasteiger partial charge in [0.05, 0.1) is 11.3 Å². The fourth-order valence-electron chi connectivity index (χ4n) is 3.44. The molecule has 148 valence electrons. The summed E-state index contributed by atoms with van der Waals surface area (Å²) < 4.78 is 26.9. The van der Waals surface area contributed by atoms with Crippen LogP contribution in [0.4, 0.5) is 5.82 Å². The second-order valence-corrected chi connectivity index (χ2v) is 9.41. The molecule has 1 aliphatic rings. The highest BCUT2D eigenvalue weighted by Gasteiger charge is 2.26. The first-order chi connectivity index (χ1) is 13.5. The van der Waals surface area contributed by atoms with Gasteiger partial charge in [0.25, 0.3) is 0 Å². The zero-order valence-electron chi connectivity index (χ0n) is 15.9. The number of nitrogens with two attached hydrogens (primary N) is 1. The maximum atomic E-state index is 12.4. The molecular formula is C19H24N6O2S. The molecule has 3 aromatic rings. The van der Waals surface area contributed by atoms with Crippen LogP contribution in [0.3, 0.4) is 0 Å². The Morgan fingerprint density at radius 2 is 1.93 bits per heavy atom. The number of aromatic nitrogens is 5. The van der Waals surface area contributed by atoms with Crippen LogP contribution in [0.25, 0.3) is 11.0 Å². The fourth-order valence-corrected chi connectivity index (χ4v) is 4.65. The van der Waals surface area contributed by atoms with Crippen molar-refractivity contribution in [3.8, 4) is 0 Å². The van der Waals surface area contributed by atoms with Crippen LogP contribution in [0.1, 0.15) is 37.1 Å². The van der Waals surface area contributed by atoms with E-state index >= 15 is 0 Å². The van der Waals surface area contributed by atoms with Crippen molar-refractivity contribution >= 4 is 26.7 Å². The molecule has 0 aliphatic heterocycles. The van der Waals surface area contributed by atoms with E-state index in [9.17, 15) is 8.42 Å². The second kappa shape index (κ2) is 7.46. The number of unbranched alkanes of at least 4 members (excludes halogenated alkanes) is 1. The number of nitrogens with zero attached hydrogens (tertiary/aromatic N) is 5. The van der Waals surface area contributed by atoms with Gasteiger partial charge in [-0.25, -0.2) is 28.4 Å². The predicted molar refractivity (Wildman–Crippen MR) is 106 cm³/mol. The van der Waals surface area contributed by atoms with E-state index in [4.69, 9.17) is 10.7 Å². The highest BCUT2D eigenvalue weighted by atomic mass is 32.2. The van der Waals surface area contributed by atoms with Gasteiger partial charge in [-0.15, -0.1) is 0 Å². The minimum absolute atomic E-state index is 0.0320. The standard InChI is InChI=1S/C19H24N6O2S/c1-13-12-23-18(20)16-17(13)25(15(24-16)11-14-5-6-14)9-2-3-10-28(26,27)19-21-7-4-8-22-19/h4,7-8,12,14H,2-3,5-6,9-11H2,1H3,(H2,20,23). The molecule has 1 aliphatic carbocycles. The number of nitrogen functional groups attached to an aromatic ring is 1. The summed E-state index contributed by atoms with van der Waals surface area (Å²) in [6.07, 6.45) is 9.33. The molecule has 2 N–H and O–H groups in total. The molecule has 0 saturated heterocycles. The van der Waals surface area contributed by atoms with Gasteiger partial charge in [0.2, 0.25) is 15.0 Å². The zero-order valence-corrected chi connectivity index (χ0v) is 16.7. The summed E-state index contributed by atoms with van der Waals surface area (Å²) in [5.74, 6) is 2.19. The number of anilines is 1. The Labute approximate surface area is 164 Å². The minimum Gasteiger partial charge on any atom is -0.382 e. The second-order valence-electron chi connectivity index (χ2n) is 7.41. The average molecular weight is 401 g/mol. The highest BCUT2D eigenvalue weighted by molar-refractivity contribution is 7.91. The van der Waals surface area contributed by atoms with Crippen molar-refractivity contribution in [1.82, 2.24) is 24.5 Å². The molecule has 28 heavy (non-hydrogen) atoms. The van der Waals surface area contributed by atoms with Crippen molar-refractivity contribution in [1.29, 1.82) is 0 Å². The largest absolute Gasteiger partial charge is 0.382 e. The summed E-state index contributed by atoms with van der Waals surface area (Å²) in [5.41, 5.74) is 8.84. The van der Waals surface area contributed by atoms with Gasteiger partial charge in [-0.1, -0.05) is 0 Å². The maximum Gasteiger partial charge on any atom is 0.246 e. The number of sulfone groups is 1. The molecule has 0 unspecified atom stereocenters. The first-order valence-electron chi connectivity index (χ1n) is 9.55. The summed E-state index contributed by atoms with van der Waals surface area (Å²) in [6.45, 7) is 2.71. The lowest BCUT2D eigenvalue weighted by atomic mass is 10.2. The number of hydrogen-bond donors (Lipinski definition) is 1. The van der Waals surface area contributed by atoms with E-state index < -0.39 is 9.84 Å². The summed E-state index contributed by atoms with van der Waals surface area (Å²) in [6, 6.07) is 1.60. The normalized spacial score (nSPS) is 14.6. The third-order valence-electron chi connectivity index (χ3n) is 5.09. The Kier molecular flexibility index (Phi) is 5.01. The van der Waals surface area contributed by atoms with Gasteiger partial charge in [-0.05, 0) is 50.2 Å². The summed E-state index contributed by atoms with van der Waals surface area (Å²) in [5, 5.41) is -0.104. The van der Waals surface area contributed by atoms with Gasteiger partial charge in [0, 0.05) is 31.6 Å². The van der Waals surface area contributed by atoms with Gasteiger partial charge in [0.1, 0.15) is 11.3 Å². The van der Waals surface area contributed by atoms with Gasteiger partial charge in [-0.3, -0.25) is 0 Å². The van der Waals surface area contributed by atoms with Crippen LogP contribution >= 0.6 is 0 Å². The third-order valence-corrected chi connectivity index (χ3v) is 6.69. The van der Waals surface area contributed by atoms with Crippen molar-refractivity contribution < 1.29 is 8.42 Å². The lowest BCUT2D eigenvalue weighted by Gasteiger charge is -2.10. The molecule has 1 saturated carbocycles. The van der Waals surface area contributed by atoms with Crippen molar-refractivity contribution in [3.05, 3.63) is 36.0 Å². The highest BCUT2D eigenvalue weighted by Crippen LogP contribution is 2.34. The molecule has 9 heteroatoms. The Balaban J connectivity index is 1.50. The third kappa shape index (κ3) is 3.84. The summed E-state index contributed by atoms with van der Waals surface area (Å²) >= 11 is 0. The molecule has 8 nitrogen and oxygen atoms in total. The van der Waals surface area contributed by atoms with E-state index in [-0.39, 0.29) is 10.9 Å². The van der Waals surface area contributed by atoms with E-state index in [0.29, 0.717) is 24.7 Å². The lowest BCUT2D eigenvalue weighted by molar-refractivity contribution is 0.571. The first-order valence-corrected chi connectivity index (χ1v) is 11.2. The van der Waals surface area contributed by atoms with E-state index in [1.54, 1.807) is 12.3 Å². The van der Waals surface area contributed by atoms with Gasteiger partial charge in [-0.2, -0.15) is 0 Å². The molecule has 0 aromatic carbocycles. The molecule has 0 spiro atoms. The van der Waals surface area contributed by atoms with E-state index in [1.165, 1.54) is 25.2 Å². The van der Waals surface area contributed by atoms with Gasteiger partial charge < -0.3 is 10.3 Å². The maximum absolute atomic E-state index is 12.4. The number of pyridine rings is 1. The molecule has 3 aromatic heterocycles. The first kappa shape index (κ1) is 18.8. The Morgan fingerprint density at radius 3 is 2.64 bits per heavy atom. The predicted octanol–water partition coefficient (Wildman–Crippen LogP) is 2.32. The van der Waals surface area contributed by atoms with Gasteiger partial charge >= 0.3 is 0 Å². The smallest absolute Gasteiger partial charge is 0.246 e. The van der Waals surface area contributed by atoms with Crippen molar-refractivity contribution in [3.63, 3.8) is 0 Å². The van der Waals surface area contributed by atoms with Crippen LogP contribution in [-0.2, 0) is 22.8 Å². The number of aryl methyl sites for hydroxylation is 2. The molecule has 0 bridgehead atoms. The van der Waals surface area contributed by atoms with Crippen molar-refractivity contribution in [2.75, 3.05) is 11.5 Å². The SMILES string of the molecule is Cc1cnc(N)c2nc(CC3CC3)n(CCCCS(=O)(=O)c3ncccn3)c12. The molecule has 0 atom stereocenters. The lowest BCUT2D eigenvalue weighted by Crippen LogP contribution is -2.12. The molecule has 3 heterocycles. The van der Waals surface area contributed by atoms with Crippen LogP contribution in [0.5, 0.6) is 0 Å². The Hall–Kier alpha value is -2.55. The topological polar surface area (TPSA) is 117 Å². The van der Waals surface area contributed by atoms with E-state index in [1.807, 2.05) is 6.92 Å². The summed E-state index contributed by atoms with van der Waals surface area (Å²) in [7, 11) is -3.45. The molecular weight excluding hydrogens is 376 g/mol. The Bertz CT molecular complexity index is 1090. The van der Waals surface area contributed by atoms with E-state index in [2.05, 4.69) is 19.5 Å². The number of imidazole rings is 1. The van der Waals surface area contributed by atoms with Crippen LogP contribution in [0, 0.1) is 12.8 Å².